The normalized spacial score (nSPS) is 20.2. The molecule has 3 aromatic carbocycles. The van der Waals surface area contributed by atoms with Gasteiger partial charge in [-0.05, 0) is 47.7 Å². The van der Waals surface area contributed by atoms with E-state index >= 15 is 0 Å². The summed E-state index contributed by atoms with van der Waals surface area (Å²) in [6.45, 7) is 0. The minimum absolute atomic E-state index is 0.0125. The largest absolute Gasteiger partial charge is 0.573 e. The summed E-state index contributed by atoms with van der Waals surface area (Å²) in [5, 5.41) is 6.88. The number of carbonyl (C=O) groups excluding carboxylic acids is 1. The number of rotatable bonds is 3. The van der Waals surface area contributed by atoms with Crippen LogP contribution in [0.2, 0.25) is 0 Å². The summed E-state index contributed by atoms with van der Waals surface area (Å²) < 4.78 is 41.7. The van der Waals surface area contributed by atoms with Gasteiger partial charge < -0.3 is 15.4 Å². The highest BCUT2D eigenvalue weighted by Crippen LogP contribution is 2.44. The van der Waals surface area contributed by atoms with Crippen LogP contribution in [0.1, 0.15) is 35.9 Å². The third-order valence-corrected chi connectivity index (χ3v) is 6.03. The van der Waals surface area contributed by atoms with Gasteiger partial charge in [0.25, 0.3) is 0 Å². The van der Waals surface area contributed by atoms with Gasteiger partial charge in [0, 0.05) is 17.7 Å². The topological polar surface area (TPSA) is 50.4 Å². The summed E-state index contributed by atoms with van der Waals surface area (Å²) in [5.74, 6) is -0.233. The molecular weight excluding hydrogens is 429 g/mol. The molecule has 1 heterocycles. The highest BCUT2D eigenvalue weighted by Gasteiger charge is 2.36. The number of para-hydroxylation sites is 2. The van der Waals surface area contributed by atoms with Crippen molar-refractivity contribution in [2.75, 3.05) is 10.6 Å². The Morgan fingerprint density at radius 2 is 1.45 bits per heavy atom. The number of anilines is 2. The van der Waals surface area contributed by atoms with Gasteiger partial charge in [-0.15, -0.1) is 13.2 Å². The lowest BCUT2D eigenvalue weighted by Gasteiger charge is -2.30. The predicted molar refractivity (Wildman–Crippen MR) is 120 cm³/mol. The number of carbonyl (C=O) groups is 1. The summed E-state index contributed by atoms with van der Waals surface area (Å²) in [6, 6.07) is 22.8. The number of alkyl halides is 3. The molecule has 1 aliphatic heterocycles. The molecule has 2 aliphatic rings. The summed E-state index contributed by atoms with van der Waals surface area (Å²) in [4.78, 5) is 13.4. The van der Waals surface area contributed by atoms with E-state index in [0.717, 1.165) is 22.6 Å². The van der Waals surface area contributed by atoms with Gasteiger partial charge in [0.2, 0.25) is 0 Å². The van der Waals surface area contributed by atoms with Crippen molar-refractivity contribution >= 4 is 17.2 Å². The standard InChI is InChI=1S/C26H21F3N2O2/c27-26(28,29)33-19-12-10-17(11-13-19)25-24-22(30-20-8-4-5-9-21(20)31-25)14-18(15-23(24)32)16-6-2-1-3-7-16/h1-13,18,25,30-31H,14-15H2/t18-,25-/m1/s1. The number of hydrogen-bond acceptors (Lipinski definition) is 4. The minimum atomic E-state index is -4.76. The Labute approximate surface area is 189 Å². The molecule has 168 valence electrons. The van der Waals surface area contributed by atoms with Crippen LogP contribution in [0.4, 0.5) is 24.5 Å². The van der Waals surface area contributed by atoms with Crippen molar-refractivity contribution in [3.05, 3.63) is 101 Å². The van der Waals surface area contributed by atoms with Gasteiger partial charge in [-0.3, -0.25) is 4.79 Å². The van der Waals surface area contributed by atoms with Crippen molar-refractivity contribution in [2.24, 2.45) is 0 Å². The third kappa shape index (κ3) is 4.44. The van der Waals surface area contributed by atoms with Gasteiger partial charge >= 0.3 is 6.36 Å². The number of nitrogens with one attached hydrogen (secondary N) is 2. The highest BCUT2D eigenvalue weighted by molar-refractivity contribution is 6.01. The van der Waals surface area contributed by atoms with Crippen molar-refractivity contribution in [3.8, 4) is 5.75 Å². The molecule has 0 unspecified atom stereocenters. The van der Waals surface area contributed by atoms with E-state index in [1.807, 2.05) is 54.6 Å². The monoisotopic (exact) mass is 450 g/mol. The predicted octanol–water partition coefficient (Wildman–Crippen LogP) is 6.56. The Morgan fingerprint density at radius 1 is 0.788 bits per heavy atom. The average molecular weight is 450 g/mol. The SMILES string of the molecule is O=C1C[C@H](c2ccccc2)CC2=C1[C@@H](c1ccc(OC(F)(F)F)cc1)Nc1ccccc1N2. The third-order valence-electron chi connectivity index (χ3n) is 6.03. The average Bonchev–Trinajstić information content (AvgIpc) is 2.96. The van der Waals surface area contributed by atoms with E-state index in [2.05, 4.69) is 15.4 Å². The van der Waals surface area contributed by atoms with Crippen molar-refractivity contribution in [1.29, 1.82) is 0 Å². The maximum atomic E-state index is 13.4. The van der Waals surface area contributed by atoms with Crippen molar-refractivity contribution in [1.82, 2.24) is 0 Å². The fourth-order valence-corrected chi connectivity index (χ4v) is 4.57. The number of hydrogen-bond donors (Lipinski definition) is 2. The Hall–Kier alpha value is -3.74. The van der Waals surface area contributed by atoms with Crippen LogP contribution in [0.25, 0.3) is 0 Å². The first kappa shape index (κ1) is 21.1. The second-order valence-corrected chi connectivity index (χ2v) is 8.20. The zero-order valence-corrected chi connectivity index (χ0v) is 17.5. The van der Waals surface area contributed by atoms with Gasteiger partial charge in [0.15, 0.2) is 5.78 Å². The van der Waals surface area contributed by atoms with Crippen LogP contribution in [0.3, 0.4) is 0 Å². The van der Waals surface area contributed by atoms with Gasteiger partial charge in [-0.2, -0.15) is 0 Å². The van der Waals surface area contributed by atoms with Crippen LogP contribution in [0.15, 0.2) is 90.1 Å². The molecule has 4 nitrogen and oxygen atoms in total. The van der Waals surface area contributed by atoms with E-state index in [9.17, 15) is 18.0 Å². The molecule has 0 spiro atoms. The number of ketones is 1. The number of fused-ring (bicyclic) bond motifs is 1. The smallest absolute Gasteiger partial charge is 0.406 e. The van der Waals surface area contributed by atoms with Gasteiger partial charge in [0.1, 0.15) is 5.75 Å². The molecule has 0 aromatic heterocycles. The molecule has 1 aliphatic carbocycles. The molecule has 0 saturated carbocycles. The lowest BCUT2D eigenvalue weighted by Crippen LogP contribution is -2.26. The summed E-state index contributed by atoms with van der Waals surface area (Å²) in [7, 11) is 0. The first-order valence-corrected chi connectivity index (χ1v) is 10.7. The van der Waals surface area contributed by atoms with E-state index in [-0.39, 0.29) is 17.5 Å². The summed E-state index contributed by atoms with van der Waals surface area (Å²) in [5.41, 5.74) is 4.90. The number of allylic oxidation sites excluding steroid dienone is 1. The van der Waals surface area contributed by atoms with Crippen molar-refractivity contribution in [2.45, 2.75) is 31.2 Å². The molecule has 2 atom stereocenters. The second kappa shape index (κ2) is 8.31. The van der Waals surface area contributed by atoms with Gasteiger partial charge in [-0.1, -0.05) is 54.6 Å². The minimum Gasteiger partial charge on any atom is -0.406 e. The van der Waals surface area contributed by atoms with Gasteiger partial charge in [-0.25, -0.2) is 0 Å². The molecule has 0 bridgehead atoms. The fourth-order valence-electron chi connectivity index (χ4n) is 4.57. The molecule has 2 N–H and O–H groups in total. The lowest BCUT2D eigenvalue weighted by atomic mass is 9.78. The highest BCUT2D eigenvalue weighted by atomic mass is 19.4. The quantitative estimate of drug-likeness (QED) is 0.474. The van der Waals surface area contributed by atoms with Crippen LogP contribution in [0, 0.1) is 0 Å². The molecule has 7 heteroatoms. The number of Topliss-reactive ketones (excluding diaryl/α,β-unsaturated/α-hetero) is 1. The van der Waals surface area contributed by atoms with Crippen LogP contribution >= 0.6 is 0 Å². The van der Waals surface area contributed by atoms with E-state index in [1.165, 1.54) is 12.1 Å². The van der Waals surface area contributed by atoms with E-state index in [4.69, 9.17) is 0 Å². The van der Waals surface area contributed by atoms with E-state index < -0.39 is 12.4 Å². The molecule has 5 rings (SSSR count). The maximum absolute atomic E-state index is 13.4. The number of halogens is 3. The maximum Gasteiger partial charge on any atom is 0.573 e. The first-order chi connectivity index (χ1) is 15.9. The molecule has 0 saturated heterocycles. The Kier molecular flexibility index (Phi) is 5.32. The van der Waals surface area contributed by atoms with Crippen LogP contribution < -0.4 is 15.4 Å². The second-order valence-electron chi connectivity index (χ2n) is 8.20. The van der Waals surface area contributed by atoms with Crippen LogP contribution in [-0.2, 0) is 4.79 Å². The first-order valence-electron chi connectivity index (χ1n) is 10.7. The van der Waals surface area contributed by atoms with Crippen molar-refractivity contribution in [3.63, 3.8) is 0 Å². The lowest BCUT2D eigenvalue weighted by molar-refractivity contribution is -0.274. The van der Waals surface area contributed by atoms with Crippen molar-refractivity contribution < 1.29 is 22.7 Å². The van der Waals surface area contributed by atoms with E-state index in [0.29, 0.717) is 24.0 Å². The summed E-state index contributed by atoms with van der Waals surface area (Å²) >= 11 is 0. The van der Waals surface area contributed by atoms with Crippen LogP contribution in [-0.4, -0.2) is 12.1 Å². The number of benzene rings is 3. The summed E-state index contributed by atoms with van der Waals surface area (Å²) in [6.07, 6.45) is -3.73. The number of ether oxygens (including phenoxy) is 1. The molecule has 0 amide bonds. The molecule has 0 fully saturated rings. The van der Waals surface area contributed by atoms with Crippen LogP contribution in [0.5, 0.6) is 5.75 Å². The molecule has 33 heavy (non-hydrogen) atoms. The molecule has 0 radical (unpaired) electrons. The zero-order valence-electron chi connectivity index (χ0n) is 17.5. The Morgan fingerprint density at radius 3 is 2.15 bits per heavy atom. The molecule has 3 aromatic rings. The fraction of sp³-hybridized carbons (Fsp3) is 0.192. The molecular formula is C26H21F3N2O2. The van der Waals surface area contributed by atoms with Gasteiger partial charge in [0.05, 0.1) is 17.4 Å². The van der Waals surface area contributed by atoms with E-state index in [1.54, 1.807) is 12.1 Å². The Bertz CT molecular complexity index is 1200. The Balaban J connectivity index is 1.54. The zero-order chi connectivity index (χ0) is 23.0.